The van der Waals surface area contributed by atoms with Crippen LogP contribution in [-0.4, -0.2) is 43.8 Å². The molecule has 5 heteroatoms. The molecule has 1 aromatic rings. The summed E-state index contributed by atoms with van der Waals surface area (Å²) in [6, 6.07) is 4.18. The Kier molecular flexibility index (Phi) is 4.24. The zero-order chi connectivity index (χ0) is 13.0. The second-order valence-corrected chi connectivity index (χ2v) is 6.07. The maximum atomic E-state index is 12.0. The molecule has 0 radical (unpaired) electrons. The normalized spacial score (nSPS) is 16.7. The lowest BCUT2D eigenvalue weighted by atomic mass is 9.91. The van der Waals surface area contributed by atoms with E-state index in [0.717, 1.165) is 0 Å². The third-order valence-corrected chi connectivity index (χ3v) is 4.40. The fraction of sp³-hybridized carbons (Fsp3) is 0.615. The molecule has 0 spiro atoms. The van der Waals surface area contributed by atoms with E-state index in [0.29, 0.717) is 32.8 Å². The van der Waals surface area contributed by atoms with Gasteiger partial charge in [0.1, 0.15) is 0 Å². The van der Waals surface area contributed by atoms with E-state index in [1.54, 1.807) is 11.3 Å². The predicted octanol–water partition coefficient (Wildman–Crippen LogP) is 2.07. The number of amides is 2. The van der Waals surface area contributed by atoms with Gasteiger partial charge in [0.25, 0.3) is 0 Å². The molecule has 1 aliphatic heterocycles. The fourth-order valence-electron chi connectivity index (χ4n) is 1.93. The van der Waals surface area contributed by atoms with Crippen LogP contribution in [0.2, 0.25) is 0 Å². The Balaban J connectivity index is 1.85. The molecule has 1 saturated heterocycles. The number of nitrogens with one attached hydrogen (secondary N) is 1. The quantitative estimate of drug-likeness (QED) is 0.912. The fourth-order valence-corrected chi connectivity index (χ4v) is 2.78. The van der Waals surface area contributed by atoms with Crippen LogP contribution in [-0.2, 0) is 10.2 Å². The first kappa shape index (κ1) is 13.4. The van der Waals surface area contributed by atoms with Crippen molar-refractivity contribution in [1.82, 2.24) is 10.2 Å². The number of morpholine rings is 1. The number of thiophene rings is 1. The van der Waals surface area contributed by atoms with Crippen molar-refractivity contribution >= 4 is 17.4 Å². The van der Waals surface area contributed by atoms with Gasteiger partial charge >= 0.3 is 6.03 Å². The van der Waals surface area contributed by atoms with Crippen LogP contribution >= 0.6 is 11.3 Å². The summed E-state index contributed by atoms with van der Waals surface area (Å²) in [6.45, 7) is 7.61. The molecule has 0 saturated carbocycles. The molecule has 2 rings (SSSR count). The van der Waals surface area contributed by atoms with E-state index < -0.39 is 0 Å². The van der Waals surface area contributed by atoms with E-state index in [1.807, 2.05) is 11.0 Å². The molecule has 1 fully saturated rings. The summed E-state index contributed by atoms with van der Waals surface area (Å²) in [5.41, 5.74) is -0.0177. The van der Waals surface area contributed by atoms with E-state index in [2.05, 4.69) is 30.6 Å². The minimum absolute atomic E-state index is 0.0166. The third-order valence-electron chi connectivity index (χ3n) is 3.17. The van der Waals surface area contributed by atoms with Crippen LogP contribution in [0, 0.1) is 0 Å². The Bertz CT molecular complexity index is 384. The van der Waals surface area contributed by atoms with Gasteiger partial charge < -0.3 is 15.0 Å². The molecule has 2 amide bonds. The molecule has 0 bridgehead atoms. The number of ether oxygens (including phenoxy) is 1. The summed E-state index contributed by atoms with van der Waals surface area (Å²) in [6.07, 6.45) is 0. The summed E-state index contributed by atoms with van der Waals surface area (Å²) in [4.78, 5) is 15.1. The van der Waals surface area contributed by atoms with Gasteiger partial charge in [-0.05, 0) is 11.4 Å². The third kappa shape index (κ3) is 3.23. The number of rotatable bonds is 3. The zero-order valence-corrected chi connectivity index (χ0v) is 11.8. The number of hydrogen-bond acceptors (Lipinski definition) is 3. The first-order chi connectivity index (χ1) is 8.59. The second-order valence-electron chi connectivity index (χ2n) is 5.12. The monoisotopic (exact) mass is 268 g/mol. The first-order valence-corrected chi connectivity index (χ1v) is 7.12. The SMILES string of the molecule is CC(C)(CNC(=O)N1CCOCC1)c1cccs1. The van der Waals surface area contributed by atoms with Crippen molar-refractivity contribution in [3.8, 4) is 0 Å². The van der Waals surface area contributed by atoms with Crippen LogP contribution in [0.3, 0.4) is 0 Å². The lowest BCUT2D eigenvalue weighted by molar-refractivity contribution is 0.0529. The molecule has 100 valence electrons. The maximum absolute atomic E-state index is 12.0. The smallest absolute Gasteiger partial charge is 0.317 e. The summed E-state index contributed by atoms with van der Waals surface area (Å²) >= 11 is 1.73. The molecule has 2 heterocycles. The van der Waals surface area contributed by atoms with Gasteiger partial charge in [0.15, 0.2) is 0 Å². The van der Waals surface area contributed by atoms with Crippen molar-refractivity contribution in [3.63, 3.8) is 0 Å². The Morgan fingerprint density at radius 1 is 1.50 bits per heavy atom. The topological polar surface area (TPSA) is 41.6 Å². The van der Waals surface area contributed by atoms with Crippen molar-refractivity contribution in [1.29, 1.82) is 0 Å². The number of carbonyl (C=O) groups excluding carboxylic acids is 1. The standard InChI is InChI=1S/C13H20N2O2S/c1-13(2,11-4-3-9-18-11)10-14-12(16)15-5-7-17-8-6-15/h3-4,9H,5-8,10H2,1-2H3,(H,14,16). The van der Waals surface area contributed by atoms with Crippen LogP contribution in [0.5, 0.6) is 0 Å². The molecule has 18 heavy (non-hydrogen) atoms. The Morgan fingerprint density at radius 3 is 2.83 bits per heavy atom. The van der Waals surface area contributed by atoms with Crippen LogP contribution in [0.4, 0.5) is 4.79 Å². The summed E-state index contributed by atoms with van der Waals surface area (Å²) < 4.78 is 5.23. The number of urea groups is 1. The van der Waals surface area contributed by atoms with Crippen molar-refractivity contribution in [3.05, 3.63) is 22.4 Å². The van der Waals surface area contributed by atoms with Gasteiger partial charge in [0.2, 0.25) is 0 Å². The molecule has 0 atom stereocenters. The van der Waals surface area contributed by atoms with Crippen LogP contribution in [0.25, 0.3) is 0 Å². The van der Waals surface area contributed by atoms with Gasteiger partial charge in [0.05, 0.1) is 13.2 Å². The molecule has 1 N–H and O–H groups in total. The molecule has 4 nitrogen and oxygen atoms in total. The molecular weight excluding hydrogens is 248 g/mol. The van der Waals surface area contributed by atoms with Crippen molar-refractivity contribution in [2.24, 2.45) is 0 Å². The second kappa shape index (κ2) is 5.71. The number of carbonyl (C=O) groups is 1. The number of nitrogens with zero attached hydrogens (tertiary/aromatic N) is 1. The maximum Gasteiger partial charge on any atom is 0.317 e. The summed E-state index contributed by atoms with van der Waals surface area (Å²) in [5, 5.41) is 5.09. The van der Waals surface area contributed by atoms with Crippen LogP contribution in [0.1, 0.15) is 18.7 Å². The van der Waals surface area contributed by atoms with Gasteiger partial charge in [-0.25, -0.2) is 4.79 Å². The minimum Gasteiger partial charge on any atom is -0.378 e. The molecule has 0 aromatic carbocycles. The molecule has 0 aliphatic carbocycles. The lowest BCUT2D eigenvalue weighted by Crippen LogP contribution is -2.48. The van der Waals surface area contributed by atoms with Crippen LogP contribution in [0.15, 0.2) is 17.5 Å². The zero-order valence-electron chi connectivity index (χ0n) is 10.9. The van der Waals surface area contributed by atoms with Crippen molar-refractivity contribution in [2.75, 3.05) is 32.8 Å². The Hall–Kier alpha value is -1.07. The lowest BCUT2D eigenvalue weighted by Gasteiger charge is -2.29. The van der Waals surface area contributed by atoms with Gasteiger partial charge in [-0.2, -0.15) is 0 Å². The van der Waals surface area contributed by atoms with Crippen molar-refractivity contribution < 1.29 is 9.53 Å². The van der Waals surface area contributed by atoms with E-state index in [9.17, 15) is 4.79 Å². The van der Waals surface area contributed by atoms with Gasteiger partial charge in [-0.15, -0.1) is 11.3 Å². The molecule has 0 unspecified atom stereocenters. The first-order valence-electron chi connectivity index (χ1n) is 6.24. The highest BCUT2D eigenvalue weighted by molar-refractivity contribution is 7.10. The summed E-state index contributed by atoms with van der Waals surface area (Å²) in [7, 11) is 0. The van der Waals surface area contributed by atoms with Gasteiger partial charge in [-0.3, -0.25) is 0 Å². The molecule has 1 aliphatic rings. The van der Waals surface area contributed by atoms with E-state index in [4.69, 9.17) is 4.74 Å². The van der Waals surface area contributed by atoms with Crippen LogP contribution < -0.4 is 5.32 Å². The highest BCUT2D eigenvalue weighted by Gasteiger charge is 2.24. The van der Waals surface area contributed by atoms with Gasteiger partial charge in [-0.1, -0.05) is 19.9 Å². The van der Waals surface area contributed by atoms with E-state index in [1.165, 1.54) is 4.88 Å². The van der Waals surface area contributed by atoms with Crippen molar-refractivity contribution in [2.45, 2.75) is 19.3 Å². The summed E-state index contributed by atoms with van der Waals surface area (Å²) in [5.74, 6) is 0. The average molecular weight is 268 g/mol. The number of hydrogen-bond donors (Lipinski definition) is 1. The Labute approximate surface area is 112 Å². The predicted molar refractivity (Wildman–Crippen MR) is 73.1 cm³/mol. The minimum atomic E-state index is -0.0177. The largest absolute Gasteiger partial charge is 0.378 e. The van der Waals surface area contributed by atoms with Gasteiger partial charge in [0, 0.05) is 29.9 Å². The highest BCUT2D eigenvalue weighted by atomic mass is 32.1. The molecular formula is C13H20N2O2S. The highest BCUT2D eigenvalue weighted by Crippen LogP contribution is 2.26. The Morgan fingerprint density at radius 2 is 2.22 bits per heavy atom. The van der Waals surface area contributed by atoms with E-state index in [-0.39, 0.29) is 11.4 Å². The molecule has 1 aromatic heterocycles. The van der Waals surface area contributed by atoms with E-state index >= 15 is 0 Å². The average Bonchev–Trinajstić information content (AvgIpc) is 2.92.